The van der Waals surface area contributed by atoms with E-state index in [1.165, 1.54) is 17.0 Å². The van der Waals surface area contributed by atoms with Gasteiger partial charge in [0.05, 0.1) is 15.1 Å². The third kappa shape index (κ3) is 6.23. The number of hydrogen-bond donors (Lipinski definition) is 0. The molecule has 0 aromatic heterocycles. The minimum absolute atomic E-state index is 0.188. The average molecular weight is 571 g/mol. The van der Waals surface area contributed by atoms with E-state index in [-0.39, 0.29) is 23.6 Å². The highest BCUT2D eigenvalue weighted by atomic mass is 127. The second kappa shape index (κ2) is 11.7. The number of benzene rings is 2. The summed E-state index contributed by atoms with van der Waals surface area (Å²) in [6.45, 7) is 3.28. The molecular weight excluding hydrogens is 548 g/mol. The lowest BCUT2D eigenvalue weighted by atomic mass is 10.1. The summed E-state index contributed by atoms with van der Waals surface area (Å²) >= 11 is 3.05. The number of imide groups is 1. The molecular formula is C23H23FINO5S. The van der Waals surface area contributed by atoms with Gasteiger partial charge in [-0.05, 0) is 89.2 Å². The van der Waals surface area contributed by atoms with Crippen molar-refractivity contribution in [2.24, 2.45) is 0 Å². The third-order valence-corrected chi connectivity index (χ3v) is 6.21. The maximum Gasteiger partial charge on any atom is 0.293 e. The molecule has 32 heavy (non-hydrogen) atoms. The van der Waals surface area contributed by atoms with Crippen molar-refractivity contribution in [2.45, 2.75) is 20.0 Å². The van der Waals surface area contributed by atoms with Crippen molar-refractivity contribution in [3.05, 3.63) is 61.8 Å². The molecule has 0 saturated carbocycles. The molecule has 1 fully saturated rings. The van der Waals surface area contributed by atoms with Crippen LogP contribution in [0.1, 0.15) is 24.5 Å². The van der Waals surface area contributed by atoms with E-state index in [1.807, 2.05) is 13.0 Å². The number of ether oxygens (including phenoxy) is 3. The zero-order chi connectivity index (χ0) is 23.1. The number of carbonyl (C=O) groups excluding carboxylic acids is 2. The summed E-state index contributed by atoms with van der Waals surface area (Å²) < 4.78 is 30.9. The maximum atomic E-state index is 13.4. The lowest BCUT2D eigenvalue weighted by molar-refractivity contribution is -0.122. The number of hydrogen-bond acceptors (Lipinski definition) is 6. The Morgan fingerprint density at radius 2 is 2.00 bits per heavy atom. The molecule has 0 spiro atoms. The molecule has 1 heterocycles. The van der Waals surface area contributed by atoms with Gasteiger partial charge < -0.3 is 14.2 Å². The van der Waals surface area contributed by atoms with E-state index in [4.69, 9.17) is 14.2 Å². The van der Waals surface area contributed by atoms with Crippen LogP contribution in [0.3, 0.4) is 0 Å². The smallest absolute Gasteiger partial charge is 0.293 e. The highest BCUT2D eigenvalue weighted by molar-refractivity contribution is 14.1. The Bertz CT molecular complexity index is 1030. The predicted molar refractivity (Wildman–Crippen MR) is 130 cm³/mol. The van der Waals surface area contributed by atoms with Crippen molar-refractivity contribution in [3.8, 4) is 11.5 Å². The van der Waals surface area contributed by atoms with Gasteiger partial charge in [0.2, 0.25) is 0 Å². The van der Waals surface area contributed by atoms with Crippen LogP contribution in [0.2, 0.25) is 0 Å². The number of rotatable bonds is 10. The summed E-state index contributed by atoms with van der Waals surface area (Å²) in [6.07, 6.45) is 2.27. The van der Waals surface area contributed by atoms with E-state index < -0.39 is 0 Å². The molecule has 170 valence electrons. The Hall–Kier alpha value is -2.11. The number of carbonyl (C=O) groups is 2. The lowest BCUT2D eigenvalue weighted by Crippen LogP contribution is -2.29. The molecule has 1 aliphatic heterocycles. The number of amides is 2. The van der Waals surface area contributed by atoms with Gasteiger partial charge in [-0.1, -0.05) is 12.1 Å². The maximum absolute atomic E-state index is 13.4. The summed E-state index contributed by atoms with van der Waals surface area (Å²) in [5, 5.41) is -0.285. The number of methoxy groups -OCH3 is 1. The van der Waals surface area contributed by atoms with Gasteiger partial charge in [0.15, 0.2) is 11.5 Å². The molecule has 2 amide bonds. The second-order valence-electron chi connectivity index (χ2n) is 6.86. The summed E-state index contributed by atoms with van der Waals surface area (Å²) in [6, 6.07) is 9.84. The first kappa shape index (κ1) is 24.5. The summed E-state index contributed by atoms with van der Waals surface area (Å²) in [4.78, 5) is 26.5. The van der Waals surface area contributed by atoms with Gasteiger partial charge >= 0.3 is 0 Å². The van der Waals surface area contributed by atoms with Crippen LogP contribution in [-0.4, -0.2) is 42.9 Å². The molecule has 0 aliphatic carbocycles. The Balaban J connectivity index is 1.80. The quantitative estimate of drug-likeness (QED) is 0.214. The fraction of sp³-hybridized carbons (Fsp3) is 0.304. The zero-order valence-electron chi connectivity index (χ0n) is 17.7. The number of thioether (sulfide) groups is 1. The molecule has 0 unspecified atom stereocenters. The standard InChI is InChI=1S/C23H23FINO5S/c1-3-30-19-12-16(13-20-22(27)26(23(28)32-20)8-5-9-29-2)11-18(25)21(19)31-14-15-6-4-7-17(24)10-15/h4,6-7,10-13H,3,5,8-9,14H2,1-2H3/b20-13+. The predicted octanol–water partition coefficient (Wildman–Crippen LogP) is 5.48. The highest BCUT2D eigenvalue weighted by Gasteiger charge is 2.34. The van der Waals surface area contributed by atoms with Crippen molar-refractivity contribution < 1.29 is 28.2 Å². The van der Waals surface area contributed by atoms with Gasteiger partial charge in [0.1, 0.15) is 12.4 Å². The van der Waals surface area contributed by atoms with Crippen LogP contribution in [-0.2, 0) is 16.1 Å². The molecule has 0 radical (unpaired) electrons. The molecule has 0 bridgehead atoms. The van der Waals surface area contributed by atoms with Crippen LogP contribution < -0.4 is 9.47 Å². The van der Waals surface area contributed by atoms with Crippen molar-refractivity contribution in [3.63, 3.8) is 0 Å². The van der Waals surface area contributed by atoms with Crippen LogP contribution in [0.4, 0.5) is 9.18 Å². The Kier molecular flexibility index (Phi) is 8.94. The van der Waals surface area contributed by atoms with E-state index in [1.54, 1.807) is 31.4 Å². The molecule has 2 aromatic carbocycles. The summed E-state index contributed by atoms with van der Waals surface area (Å²) in [5.41, 5.74) is 1.42. The minimum Gasteiger partial charge on any atom is -0.490 e. The van der Waals surface area contributed by atoms with Crippen LogP contribution in [0.5, 0.6) is 11.5 Å². The van der Waals surface area contributed by atoms with Gasteiger partial charge in [0, 0.05) is 20.3 Å². The average Bonchev–Trinajstić information content (AvgIpc) is 3.01. The minimum atomic E-state index is -0.322. The van der Waals surface area contributed by atoms with Crippen molar-refractivity contribution in [1.29, 1.82) is 0 Å². The molecule has 9 heteroatoms. The molecule has 0 N–H and O–H groups in total. The Labute approximate surface area is 204 Å². The third-order valence-electron chi connectivity index (χ3n) is 4.51. The van der Waals surface area contributed by atoms with Crippen LogP contribution >= 0.6 is 34.4 Å². The first-order valence-electron chi connectivity index (χ1n) is 10.0. The second-order valence-corrected chi connectivity index (χ2v) is 9.02. The summed E-state index contributed by atoms with van der Waals surface area (Å²) in [5.74, 6) is 0.427. The Morgan fingerprint density at radius 1 is 1.19 bits per heavy atom. The fourth-order valence-electron chi connectivity index (χ4n) is 3.07. The molecule has 0 atom stereocenters. The van der Waals surface area contributed by atoms with Gasteiger partial charge in [-0.25, -0.2) is 4.39 Å². The topological polar surface area (TPSA) is 65.1 Å². The van der Waals surface area contributed by atoms with Crippen LogP contribution in [0, 0.1) is 9.39 Å². The monoisotopic (exact) mass is 571 g/mol. The van der Waals surface area contributed by atoms with E-state index in [0.717, 1.165) is 20.9 Å². The van der Waals surface area contributed by atoms with Gasteiger partial charge in [-0.2, -0.15) is 0 Å². The molecule has 1 aliphatic rings. The first-order valence-corrected chi connectivity index (χ1v) is 11.9. The van der Waals surface area contributed by atoms with Crippen molar-refractivity contribution in [2.75, 3.05) is 26.9 Å². The molecule has 6 nitrogen and oxygen atoms in total. The Morgan fingerprint density at radius 3 is 2.72 bits per heavy atom. The van der Waals surface area contributed by atoms with Crippen LogP contribution in [0.25, 0.3) is 6.08 Å². The van der Waals surface area contributed by atoms with E-state index in [9.17, 15) is 14.0 Å². The van der Waals surface area contributed by atoms with E-state index >= 15 is 0 Å². The molecule has 3 rings (SSSR count). The van der Waals surface area contributed by atoms with Gasteiger partial charge in [0.25, 0.3) is 11.1 Å². The number of halogens is 2. The van der Waals surface area contributed by atoms with E-state index in [2.05, 4.69) is 22.6 Å². The van der Waals surface area contributed by atoms with Gasteiger partial charge in [-0.15, -0.1) is 0 Å². The van der Waals surface area contributed by atoms with E-state index in [0.29, 0.717) is 48.1 Å². The zero-order valence-corrected chi connectivity index (χ0v) is 20.7. The molecule has 1 saturated heterocycles. The highest BCUT2D eigenvalue weighted by Crippen LogP contribution is 2.38. The summed E-state index contributed by atoms with van der Waals surface area (Å²) in [7, 11) is 1.58. The largest absolute Gasteiger partial charge is 0.490 e. The van der Waals surface area contributed by atoms with Gasteiger partial charge in [-0.3, -0.25) is 14.5 Å². The van der Waals surface area contributed by atoms with Crippen molar-refractivity contribution >= 4 is 51.6 Å². The first-order chi connectivity index (χ1) is 15.4. The number of nitrogens with zero attached hydrogens (tertiary/aromatic N) is 1. The SMILES string of the molecule is CCOc1cc(/C=C2/SC(=O)N(CCCOC)C2=O)cc(I)c1OCc1cccc(F)c1. The fourth-order valence-corrected chi connectivity index (χ4v) is 4.71. The molecule has 2 aromatic rings. The normalized spacial score (nSPS) is 15.0. The van der Waals surface area contributed by atoms with Crippen LogP contribution in [0.15, 0.2) is 41.3 Å². The van der Waals surface area contributed by atoms with Crippen molar-refractivity contribution in [1.82, 2.24) is 4.90 Å². The lowest BCUT2D eigenvalue weighted by Gasteiger charge is -2.15.